The highest BCUT2D eigenvalue weighted by atomic mass is 35.5. The van der Waals surface area contributed by atoms with Crippen molar-refractivity contribution in [1.82, 2.24) is 5.32 Å². The Morgan fingerprint density at radius 2 is 2.17 bits per heavy atom. The van der Waals surface area contributed by atoms with Crippen molar-refractivity contribution in [3.63, 3.8) is 0 Å². The Balaban J connectivity index is 2.93. The number of nitrogens with one attached hydrogen (secondary N) is 1. The van der Waals surface area contributed by atoms with Crippen LogP contribution in [0.5, 0.6) is 5.75 Å². The molecule has 0 saturated carbocycles. The normalized spacial score (nSPS) is 11.7. The van der Waals surface area contributed by atoms with Crippen LogP contribution in [0.25, 0.3) is 0 Å². The third-order valence-corrected chi connectivity index (χ3v) is 2.43. The molecule has 1 amide bonds. The summed E-state index contributed by atoms with van der Waals surface area (Å²) in [6.45, 7) is -0.697. The molecule has 7 heteroatoms. The number of hydrogen-bond donors (Lipinski definition) is 3. The molecule has 1 atom stereocenters. The number of carboxylic acid groups (broad SMARTS) is 1. The van der Waals surface area contributed by atoms with Crippen molar-refractivity contribution >= 4 is 23.5 Å². The topological polar surface area (TPSA) is 95.9 Å². The van der Waals surface area contributed by atoms with Gasteiger partial charge in [-0.15, -0.1) is 0 Å². The van der Waals surface area contributed by atoms with Crippen molar-refractivity contribution < 1.29 is 24.5 Å². The number of aliphatic hydroxyl groups is 1. The van der Waals surface area contributed by atoms with E-state index in [0.717, 1.165) is 0 Å². The monoisotopic (exact) mass is 273 g/mol. The third kappa shape index (κ3) is 3.35. The van der Waals surface area contributed by atoms with Crippen molar-refractivity contribution in [2.24, 2.45) is 0 Å². The number of ether oxygens (including phenoxy) is 1. The minimum absolute atomic E-state index is 0.140. The first-order chi connectivity index (χ1) is 8.49. The largest absolute Gasteiger partial charge is 0.496 e. The first-order valence-electron chi connectivity index (χ1n) is 4.97. The Bertz CT molecular complexity index is 463. The van der Waals surface area contributed by atoms with Gasteiger partial charge in [-0.3, -0.25) is 4.79 Å². The first kappa shape index (κ1) is 14.3. The minimum atomic E-state index is -1.36. The Kier molecular flexibility index (Phi) is 4.94. The fourth-order valence-electron chi connectivity index (χ4n) is 1.27. The van der Waals surface area contributed by atoms with Gasteiger partial charge < -0.3 is 20.3 Å². The Morgan fingerprint density at radius 1 is 1.50 bits per heavy atom. The predicted molar refractivity (Wildman–Crippen MR) is 64.0 cm³/mol. The van der Waals surface area contributed by atoms with Crippen LogP contribution in [0.4, 0.5) is 0 Å². The number of carbonyl (C=O) groups excluding carboxylic acids is 1. The van der Waals surface area contributed by atoms with Crippen LogP contribution in [0.2, 0.25) is 5.02 Å². The highest BCUT2D eigenvalue weighted by Gasteiger charge is 2.21. The maximum absolute atomic E-state index is 11.8. The SMILES string of the molecule is COc1cc(Cl)ccc1C(=O)N[C@@H](CO)C(=O)O. The number of hydrogen-bond acceptors (Lipinski definition) is 4. The van der Waals surface area contributed by atoms with Gasteiger partial charge in [0.1, 0.15) is 5.75 Å². The van der Waals surface area contributed by atoms with Crippen LogP contribution in [0.15, 0.2) is 18.2 Å². The average molecular weight is 274 g/mol. The maximum Gasteiger partial charge on any atom is 0.328 e. The molecular formula is C11H12ClNO5. The fourth-order valence-corrected chi connectivity index (χ4v) is 1.44. The molecule has 0 fully saturated rings. The van der Waals surface area contributed by atoms with Crippen molar-refractivity contribution in [2.45, 2.75) is 6.04 Å². The molecule has 1 aromatic rings. The van der Waals surface area contributed by atoms with E-state index in [1.807, 2.05) is 0 Å². The van der Waals surface area contributed by atoms with E-state index in [1.54, 1.807) is 0 Å². The number of halogens is 1. The molecule has 0 spiro atoms. The van der Waals surface area contributed by atoms with E-state index >= 15 is 0 Å². The molecule has 18 heavy (non-hydrogen) atoms. The molecule has 0 saturated heterocycles. The van der Waals surface area contributed by atoms with Gasteiger partial charge in [-0.2, -0.15) is 0 Å². The van der Waals surface area contributed by atoms with Crippen LogP contribution in [-0.2, 0) is 4.79 Å². The summed E-state index contributed by atoms with van der Waals surface area (Å²) >= 11 is 5.74. The number of methoxy groups -OCH3 is 1. The van der Waals surface area contributed by atoms with E-state index in [4.69, 9.17) is 26.6 Å². The summed E-state index contributed by atoms with van der Waals surface area (Å²) < 4.78 is 4.97. The lowest BCUT2D eigenvalue weighted by atomic mass is 10.1. The van der Waals surface area contributed by atoms with Gasteiger partial charge in [0.05, 0.1) is 19.3 Å². The standard InChI is InChI=1S/C11H12ClNO5/c1-18-9-4-6(12)2-3-7(9)10(15)13-8(5-14)11(16)17/h2-4,8,14H,5H2,1H3,(H,13,15)(H,16,17)/t8-/m0/s1. The second-order valence-electron chi connectivity index (χ2n) is 3.39. The third-order valence-electron chi connectivity index (χ3n) is 2.19. The van der Waals surface area contributed by atoms with Crippen molar-refractivity contribution in [2.75, 3.05) is 13.7 Å². The molecule has 3 N–H and O–H groups in total. The van der Waals surface area contributed by atoms with Crippen LogP contribution in [-0.4, -0.2) is 41.8 Å². The first-order valence-corrected chi connectivity index (χ1v) is 5.35. The smallest absolute Gasteiger partial charge is 0.328 e. The van der Waals surface area contributed by atoms with E-state index in [0.29, 0.717) is 5.02 Å². The van der Waals surface area contributed by atoms with Gasteiger partial charge in [-0.25, -0.2) is 4.79 Å². The highest BCUT2D eigenvalue weighted by molar-refractivity contribution is 6.30. The lowest BCUT2D eigenvalue weighted by molar-refractivity contribution is -0.140. The molecule has 0 bridgehead atoms. The zero-order chi connectivity index (χ0) is 13.7. The molecule has 98 valence electrons. The molecule has 0 heterocycles. The van der Waals surface area contributed by atoms with Crippen molar-refractivity contribution in [3.8, 4) is 5.75 Å². The zero-order valence-electron chi connectivity index (χ0n) is 9.51. The van der Waals surface area contributed by atoms with Gasteiger partial charge in [0.25, 0.3) is 5.91 Å². The number of amides is 1. The van der Waals surface area contributed by atoms with Gasteiger partial charge in [0.15, 0.2) is 6.04 Å². The number of aliphatic hydroxyl groups excluding tert-OH is 1. The fraction of sp³-hybridized carbons (Fsp3) is 0.273. The number of rotatable bonds is 5. The van der Waals surface area contributed by atoms with Crippen molar-refractivity contribution in [3.05, 3.63) is 28.8 Å². The van der Waals surface area contributed by atoms with E-state index in [1.165, 1.54) is 25.3 Å². The summed E-state index contributed by atoms with van der Waals surface area (Å²) in [5.74, 6) is -1.76. The van der Waals surface area contributed by atoms with Crippen LogP contribution in [0.3, 0.4) is 0 Å². The summed E-state index contributed by atoms with van der Waals surface area (Å²) in [5.41, 5.74) is 0.140. The molecular weight excluding hydrogens is 262 g/mol. The molecule has 0 aliphatic carbocycles. The number of carbonyl (C=O) groups is 2. The predicted octanol–water partition coefficient (Wildman–Crippen LogP) is 0.524. The second-order valence-corrected chi connectivity index (χ2v) is 3.83. The summed E-state index contributed by atoms with van der Waals surface area (Å²) in [7, 11) is 1.36. The molecule has 0 aliphatic heterocycles. The van der Waals surface area contributed by atoms with Gasteiger partial charge in [0, 0.05) is 5.02 Å². The van der Waals surface area contributed by atoms with E-state index in [2.05, 4.69) is 5.32 Å². The van der Waals surface area contributed by atoms with Gasteiger partial charge >= 0.3 is 5.97 Å². The second kappa shape index (κ2) is 6.23. The molecule has 0 aromatic heterocycles. The van der Waals surface area contributed by atoms with Gasteiger partial charge in [-0.1, -0.05) is 11.6 Å². The van der Waals surface area contributed by atoms with Crippen LogP contribution < -0.4 is 10.1 Å². The lowest BCUT2D eigenvalue weighted by Crippen LogP contribution is -2.43. The van der Waals surface area contributed by atoms with Crippen LogP contribution >= 0.6 is 11.6 Å². The molecule has 1 rings (SSSR count). The maximum atomic E-state index is 11.8. The van der Waals surface area contributed by atoms with Crippen LogP contribution in [0, 0.1) is 0 Å². The Hall–Kier alpha value is -1.79. The minimum Gasteiger partial charge on any atom is -0.496 e. The quantitative estimate of drug-likeness (QED) is 0.727. The number of benzene rings is 1. The molecule has 0 unspecified atom stereocenters. The zero-order valence-corrected chi connectivity index (χ0v) is 10.3. The lowest BCUT2D eigenvalue weighted by Gasteiger charge is -2.13. The summed E-state index contributed by atoms with van der Waals surface area (Å²) in [6.07, 6.45) is 0. The summed E-state index contributed by atoms with van der Waals surface area (Å²) in [6, 6.07) is 2.96. The Morgan fingerprint density at radius 3 is 2.67 bits per heavy atom. The molecule has 0 aliphatic rings. The number of aliphatic carboxylic acids is 1. The van der Waals surface area contributed by atoms with E-state index < -0.39 is 24.5 Å². The molecule has 6 nitrogen and oxygen atoms in total. The Labute approximate surface area is 108 Å². The molecule has 1 aromatic carbocycles. The molecule has 0 radical (unpaired) electrons. The van der Waals surface area contributed by atoms with Gasteiger partial charge in [0.2, 0.25) is 0 Å². The summed E-state index contributed by atoms with van der Waals surface area (Å²) in [4.78, 5) is 22.5. The van der Waals surface area contributed by atoms with E-state index in [9.17, 15) is 9.59 Å². The van der Waals surface area contributed by atoms with E-state index in [-0.39, 0.29) is 11.3 Å². The van der Waals surface area contributed by atoms with Gasteiger partial charge in [-0.05, 0) is 18.2 Å². The highest BCUT2D eigenvalue weighted by Crippen LogP contribution is 2.23. The van der Waals surface area contributed by atoms with Crippen molar-refractivity contribution in [1.29, 1.82) is 0 Å². The van der Waals surface area contributed by atoms with Crippen LogP contribution in [0.1, 0.15) is 10.4 Å². The average Bonchev–Trinajstić information content (AvgIpc) is 2.34. The summed E-state index contributed by atoms with van der Waals surface area (Å²) in [5, 5.41) is 20.1. The number of carboxylic acids is 1.